The van der Waals surface area contributed by atoms with Gasteiger partial charge in [0.2, 0.25) is 0 Å². The number of nitrogens with one attached hydrogen (secondary N) is 1. The van der Waals surface area contributed by atoms with Gasteiger partial charge in [0.1, 0.15) is 6.07 Å². The van der Waals surface area contributed by atoms with Gasteiger partial charge in [-0.25, -0.2) is 0 Å². The summed E-state index contributed by atoms with van der Waals surface area (Å²) in [6, 6.07) is 5.36. The minimum atomic E-state index is -0.0526. The van der Waals surface area contributed by atoms with Crippen molar-refractivity contribution in [2.24, 2.45) is 10.8 Å². The lowest BCUT2D eigenvalue weighted by molar-refractivity contribution is 0.298. The van der Waals surface area contributed by atoms with E-state index in [0.29, 0.717) is 18.1 Å². The van der Waals surface area contributed by atoms with Crippen LogP contribution in [0.2, 0.25) is 0 Å². The third-order valence-electron chi connectivity index (χ3n) is 2.03. The molecular formula is C12H13BrN4O2S. The number of hydrogen-bond acceptors (Lipinski definition) is 5. The van der Waals surface area contributed by atoms with Gasteiger partial charge in [0.05, 0.1) is 12.8 Å². The fraction of sp³-hybridized carbons (Fsp3) is 0.250. The van der Waals surface area contributed by atoms with Crippen LogP contribution in [-0.2, 0) is 0 Å². The van der Waals surface area contributed by atoms with E-state index in [-0.39, 0.29) is 11.7 Å². The lowest BCUT2D eigenvalue weighted by atomic mass is 10.2. The molecule has 1 aromatic carbocycles. The van der Waals surface area contributed by atoms with Crippen molar-refractivity contribution < 1.29 is 9.47 Å². The molecule has 0 atom stereocenters. The van der Waals surface area contributed by atoms with Gasteiger partial charge in [-0.05, 0) is 47.2 Å². The van der Waals surface area contributed by atoms with Gasteiger partial charge in [0.25, 0.3) is 0 Å². The predicted molar refractivity (Wildman–Crippen MR) is 83.9 cm³/mol. The van der Waals surface area contributed by atoms with Gasteiger partial charge in [-0.2, -0.15) is 10.4 Å². The molecule has 0 aliphatic carbocycles. The second-order valence-corrected chi connectivity index (χ2v) is 4.73. The number of nitrogens with zero attached hydrogens (tertiary/aromatic N) is 2. The highest BCUT2D eigenvalue weighted by Gasteiger charge is 2.10. The molecule has 0 saturated carbocycles. The summed E-state index contributed by atoms with van der Waals surface area (Å²) >= 11 is 8.04. The van der Waals surface area contributed by atoms with E-state index >= 15 is 0 Å². The number of halogens is 1. The molecule has 0 bridgehead atoms. The average Bonchev–Trinajstić information content (AvgIpc) is 2.40. The smallest absolute Gasteiger partial charge is 0.184 e. The standard InChI is InChI=1S/C12H13BrN4O2S/c1-2-18-10-5-8(7-16-17-12(15)20)9(13)6-11(10)19-4-3-14/h5-7H,2,4H2,1H3,(H3,15,17,20). The van der Waals surface area contributed by atoms with Gasteiger partial charge in [-0.15, -0.1) is 0 Å². The van der Waals surface area contributed by atoms with E-state index in [2.05, 4.69) is 38.7 Å². The summed E-state index contributed by atoms with van der Waals surface area (Å²) in [5, 5.41) is 12.5. The lowest BCUT2D eigenvalue weighted by Crippen LogP contribution is -2.24. The molecular weight excluding hydrogens is 344 g/mol. The van der Waals surface area contributed by atoms with Crippen molar-refractivity contribution in [3.63, 3.8) is 0 Å². The Balaban J connectivity index is 3.02. The van der Waals surface area contributed by atoms with E-state index in [4.69, 9.17) is 20.5 Å². The summed E-state index contributed by atoms with van der Waals surface area (Å²) in [4.78, 5) is 0. The molecule has 20 heavy (non-hydrogen) atoms. The van der Waals surface area contributed by atoms with Crippen molar-refractivity contribution in [3.8, 4) is 17.6 Å². The molecule has 106 valence electrons. The first-order valence-corrected chi connectivity index (χ1v) is 6.83. The molecule has 3 N–H and O–H groups in total. The summed E-state index contributed by atoms with van der Waals surface area (Å²) in [6.07, 6.45) is 1.54. The van der Waals surface area contributed by atoms with Crippen molar-refractivity contribution in [1.29, 1.82) is 5.26 Å². The summed E-state index contributed by atoms with van der Waals surface area (Å²) in [5.41, 5.74) is 8.49. The Hall–Kier alpha value is -1.85. The Morgan fingerprint density at radius 3 is 2.85 bits per heavy atom. The monoisotopic (exact) mass is 356 g/mol. The number of nitrogens with two attached hydrogens (primary N) is 1. The highest BCUT2D eigenvalue weighted by molar-refractivity contribution is 9.10. The van der Waals surface area contributed by atoms with Crippen LogP contribution in [0.3, 0.4) is 0 Å². The SMILES string of the molecule is CCOc1cc(C=NNC(N)=S)c(Br)cc1OCC#N. The zero-order valence-corrected chi connectivity index (χ0v) is 13.1. The Labute approximate surface area is 130 Å². The zero-order valence-electron chi connectivity index (χ0n) is 10.7. The van der Waals surface area contributed by atoms with Gasteiger partial charge in [-0.3, -0.25) is 5.43 Å². The van der Waals surface area contributed by atoms with E-state index < -0.39 is 0 Å². The number of nitriles is 1. The van der Waals surface area contributed by atoms with Crippen molar-refractivity contribution in [1.82, 2.24) is 5.43 Å². The number of thiocarbonyl (C=S) groups is 1. The van der Waals surface area contributed by atoms with Crippen LogP contribution in [0.5, 0.6) is 11.5 Å². The van der Waals surface area contributed by atoms with Crippen LogP contribution >= 0.6 is 28.1 Å². The molecule has 0 spiro atoms. The second-order valence-electron chi connectivity index (χ2n) is 3.43. The van der Waals surface area contributed by atoms with Crippen LogP contribution in [0.4, 0.5) is 0 Å². The highest BCUT2D eigenvalue weighted by Crippen LogP contribution is 2.33. The van der Waals surface area contributed by atoms with E-state index in [9.17, 15) is 0 Å². The normalized spacial score (nSPS) is 10.1. The van der Waals surface area contributed by atoms with Gasteiger partial charge >= 0.3 is 0 Å². The Morgan fingerprint density at radius 1 is 1.55 bits per heavy atom. The molecule has 8 heteroatoms. The van der Waals surface area contributed by atoms with Crippen molar-refractivity contribution in [3.05, 3.63) is 22.2 Å². The minimum absolute atomic E-state index is 0.0526. The summed E-state index contributed by atoms with van der Waals surface area (Å²) in [6.45, 7) is 2.29. The average molecular weight is 357 g/mol. The quantitative estimate of drug-likeness (QED) is 0.459. The first kappa shape index (κ1) is 16.2. The fourth-order valence-corrected chi connectivity index (χ4v) is 1.78. The van der Waals surface area contributed by atoms with Crippen LogP contribution in [0.15, 0.2) is 21.7 Å². The van der Waals surface area contributed by atoms with Crippen LogP contribution in [-0.4, -0.2) is 24.5 Å². The lowest BCUT2D eigenvalue weighted by Gasteiger charge is -2.12. The van der Waals surface area contributed by atoms with E-state index in [1.54, 1.807) is 18.3 Å². The molecule has 0 radical (unpaired) electrons. The number of ether oxygens (including phenoxy) is 2. The zero-order chi connectivity index (χ0) is 15.0. The van der Waals surface area contributed by atoms with Crippen molar-refractivity contribution in [2.45, 2.75) is 6.92 Å². The van der Waals surface area contributed by atoms with E-state index in [1.165, 1.54) is 0 Å². The highest BCUT2D eigenvalue weighted by atomic mass is 79.9. The van der Waals surface area contributed by atoms with Gasteiger partial charge in [0.15, 0.2) is 23.2 Å². The van der Waals surface area contributed by atoms with Gasteiger partial charge < -0.3 is 15.2 Å². The molecule has 0 saturated heterocycles. The van der Waals surface area contributed by atoms with E-state index in [1.807, 2.05) is 13.0 Å². The van der Waals surface area contributed by atoms with E-state index in [0.717, 1.165) is 10.0 Å². The largest absolute Gasteiger partial charge is 0.490 e. The first-order valence-electron chi connectivity index (χ1n) is 5.63. The third kappa shape index (κ3) is 5.03. The Morgan fingerprint density at radius 2 is 2.25 bits per heavy atom. The molecule has 0 aliphatic rings. The molecule has 0 heterocycles. The van der Waals surface area contributed by atoms with Crippen molar-refractivity contribution in [2.75, 3.05) is 13.2 Å². The maximum absolute atomic E-state index is 8.56. The van der Waals surface area contributed by atoms with Crippen molar-refractivity contribution >= 4 is 39.5 Å². The third-order valence-corrected chi connectivity index (χ3v) is 2.81. The number of hydrogen-bond donors (Lipinski definition) is 2. The number of benzene rings is 1. The molecule has 1 rings (SSSR count). The maximum Gasteiger partial charge on any atom is 0.184 e. The maximum atomic E-state index is 8.56. The topological polar surface area (TPSA) is 92.7 Å². The van der Waals surface area contributed by atoms with Gasteiger partial charge in [-0.1, -0.05) is 0 Å². The Bertz CT molecular complexity index is 557. The van der Waals surface area contributed by atoms with Crippen LogP contribution in [0, 0.1) is 11.3 Å². The van der Waals surface area contributed by atoms with Crippen LogP contribution in [0.1, 0.15) is 12.5 Å². The number of hydrazone groups is 1. The summed E-state index contributed by atoms with van der Waals surface area (Å²) in [5.74, 6) is 1.02. The fourth-order valence-electron chi connectivity index (χ4n) is 1.31. The molecule has 0 aromatic heterocycles. The van der Waals surface area contributed by atoms with Gasteiger partial charge in [0, 0.05) is 10.0 Å². The molecule has 0 amide bonds. The minimum Gasteiger partial charge on any atom is -0.490 e. The molecule has 6 nitrogen and oxygen atoms in total. The predicted octanol–water partition coefficient (Wildman–Crippen LogP) is 1.92. The second kappa shape index (κ2) is 8.35. The number of rotatable bonds is 6. The molecule has 1 aromatic rings. The summed E-state index contributed by atoms with van der Waals surface area (Å²) in [7, 11) is 0. The Kier molecular flexibility index (Phi) is 6.76. The van der Waals surface area contributed by atoms with Crippen LogP contribution < -0.4 is 20.6 Å². The molecule has 0 fully saturated rings. The molecule has 0 unspecified atom stereocenters. The molecule has 0 aliphatic heterocycles. The van der Waals surface area contributed by atoms with Crippen LogP contribution in [0.25, 0.3) is 0 Å². The first-order chi connectivity index (χ1) is 9.58. The summed E-state index contributed by atoms with van der Waals surface area (Å²) < 4.78 is 11.5.